The summed E-state index contributed by atoms with van der Waals surface area (Å²) in [6.07, 6.45) is 10.5. The average molecular weight is 318 g/mol. The summed E-state index contributed by atoms with van der Waals surface area (Å²) >= 11 is 0. The first kappa shape index (κ1) is 15.5. The third-order valence-corrected chi connectivity index (χ3v) is 3.31. The van der Waals surface area contributed by atoms with Gasteiger partial charge in [0.05, 0.1) is 0 Å². The van der Waals surface area contributed by atoms with Gasteiger partial charge < -0.3 is 9.52 Å². The summed E-state index contributed by atoms with van der Waals surface area (Å²) in [5, 5.41) is 9.37. The lowest BCUT2D eigenvalue weighted by Gasteiger charge is -2.01. The van der Waals surface area contributed by atoms with Crippen molar-refractivity contribution < 1.29 is 14.3 Å². The standard InChI is InChI=1S/C19H14N2O3/c22-18(23)16(12-14-8-4-1-2-5-9-14)20-19-21-17(13-24-19)15-10-6-3-7-11-15/h1,3-11,13H,12H2,(H,22,23). The minimum Gasteiger partial charge on any atom is -0.477 e. The van der Waals surface area contributed by atoms with E-state index in [1.165, 1.54) is 6.26 Å². The molecule has 0 atom stereocenters. The van der Waals surface area contributed by atoms with Gasteiger partial charge in [-0.3, -0.25) is 0 Å². The number of hydrogen-bond acceptors (Lipinski definition) is 4. The Labute approximate surface area is 138 Å². The molecule has 0 saturated carbocycles. The van der Waals surface area contributed by atoms with E-state index >= 15 is 0 Å². The molecule has 0 fully saturated rings. The molecule has 1 heterocycles. The van der Waals surface area contributed by atoms with Crippen molar-refractivity contribution >= 4 is 17.7 Å². The van der Waals surface area contributed by atoms with Gasteiger partial charge in [0.25, 0.3) is 0 Å². The molecule has 24 heavy (non-hydrogen) atoms. The van der Waals surface area contributed by atoms with Crippen LogP contribution in [0.15, 0.2) is 87.7 Å². The monoisotopic (exact) mass is 318 g/mol. The molecule has 5 nitrogen and oxygen atoms in total. The minimum atomic E-state index is -1.11. The summed E-state index contributed by atoms with van der Waals surface area (Å²) in [4.78, 5) is 19.7. The third kappa shape index (κ3) is 3.85. The quantitative estimate of drug-likeness (QED) is 0.665. The smallest absolute Gasteiger partial charge is 0.350 e. The van der Waals surface area contributed by atoms with Crippen molar-refractivity contribution in [1.29, 1.82) is 0 Å². The topological polar surface area (TPSA) is 75.7 Å². The van der Waals surface area contributed by atoms with E-state index < -0.39 is 5.97 Å². The molecule has 0 spiro atoms. The van der Waals surface area contributed by atoms with Crippen LogP contribution >= 0.6 is 0 Å². The Morgan fingerprint density at radius 3 is 2.88 bits per heavy atom. The molecule has 0 aliphatic heterocycles. The fourth-order valence-electron chi connectivity index (χ4n) is 2.14. The lowest BCUT2D eigenvalue weighted by molar-refractivity contribution is -0.129. The lowest BCUT2D eigenvalue weighted by Crippen LogP contribution is -2.13. The number of aliphatic imine (C=N–C) groups is 1. The maximum Gasteiger partial charge on any atom is 0.350 e. The average Bonchev–Trinajstić information content (AvgIpc) is 2.91. The largest absolute Gasteiger partial charge is 0.477 e. The Morgan fingerprint density at radius 1 is 1.25 bits per heavy atom. The molecule has 3 rings (SSSR count). The van der Waals surface area contributed by atoms with Crippen molar-refractivity contribution in [3.05, 3.63) is 78.3 Å². The molecule has 1 N–H and O–H groups in total. The van der Waals surface area contributed by atoms with Crippen molar-refractivity contribution in [3.8, 4) is 11.3 Å². The highest BCUT2D eigenvalue weighted by molar-refractivity contribution is 6.36. The SMILES string of the molecule is O=C(O)C(CC1=CC=C=CC=C1)=Nc1nc(-c2ccccc2)co1. The number of carboxylic acid groups (broad SMARTS) is 1. The molecule has 1 aliphatic rings. The highest BCUT2D eigenvalue weighted by Crippen LogP contribution is 2.22. The minimum absolute atomic E-state index is 0.0260. The van der Waals surface area contributed by atoms with E-state index in [9.17, 15) is 9.90 Å². The number of carboxylic acids is 1. The van der Waals surface area contributed by atoms with Gasteiger partial charge in [0.15, 0.2) is 0 Å². The second-order valence-electron chi connectivity index (χ2n) is 5.02. The normalized spacial score (nSPS) is 13.7. The number of allylic oxidation sites excluding steroid dienone is 5. The van der Waals surface area contributed by atoms with Crippen LogP contribution in [0.3, 0.4) is 0 Å². The van der Waals surface area contributed by atoms with Gasteiger partial charge >= 0.3 is 12.0 Å². The Kier molecular flexibility index (Phi) is 4.65. The number of oxazole rings is 1. The molecule has 2 aromatic rings. The van der Waals surface area contributed by atoms with Crippen LogP contribution in [0, 0.1) is 0 Å². The second-order valence-corrected chi connectivity index (χ2v) is 5.02. The number of nitrogens with zero attached hydrogens (tertiary/aromatic N) is 2. The van der Waals surface area contributed by atoms with Crippen molar-refractivity contribution in [2.75, 3.05) is 0 Å². The summed E-state index contributed by atoms with van der Waals surface area (Å²) in [7, 11) is 0. The number of carbonyl (C=O) groups is 1. The summed E-state index contributed by atoms with van der Waals surface area (Å²) < 4.78 is 5.29. The van der Waals surface area contributed by atoms with Gasteiger partial charge in [0, 0.05) is 12.0 Å². The summed E-state index contributed by atoms with van der Waals surface area (Å²) in [5.74, 6) is -1.11. The third-order valence-electron chi connectivity index (χ3n) is 3.31. The summed E-state index contributed by atoms with van der Waals surface area (Å²) in [6, 6.07) is 9.50. The Balaban J connectivity index is 1.84. The van der Waals surface area contributed by atoms with Gasteiger partial charge in [-0.25, -0.2) is 4.79 Å². The Hall–Kier alpha value is -3.43. The van der Waals surface area contributed by atoms with Gasteiger partial charge in [-0.2, -0.15) is 9.98 Å². The van der Waals surface area contributed by atoms with Crippen LogP contribution in [0.4, 0.5) is 6.01 Å². The van der Waals surface area contributed by atoms with E-state index in [1.54, 1.807) is 24.3 Å². The van der Waals surface area contributed by atoms with Crippen molar-refractivity contribution in [3.63, 3.8) is 0 Å². The molecule has 0 bridgehead atoms. The van der Waals surface area contributed by atoms with E-state index in [2.05, 4.69) is 15.7 Å². The van der Waals surface area contributed by atoms with Gasteiger partial charge in [-0.1, -0.05) is 48.6 Å². The predicted octanol–water partition coefficient (Wildman–Crippen LogP) is 4.10. The van der Waals surface area contributed by atoms with Crippen LogP contribution < -0.4 is 0 Å². The molecular weight excluding hydrogens is 304 g/mol. The molecule has 0 amide bonds. The molecular formula is C19H14N2O3. The highest BCUT2D eigenvalue weighted by atomic mass is 16.4. The van der Waals surface area contributed by atoms with Crippen LogP contribution in [0.1, 0.15) is 6.42 Å². The first-order chi connectivity index (χ1) is 11.7. The second kappa shape index (κ2) is 7.22. The zero-order chi connectivity index (χ0) is 16.8. The number of aromatic nitrogens is 1. The molecule has 0 saturated heterocycles. The highest BCUT2D eigenvalue weighted by Gasteiger charge is 2.14. The molecule has 5 heteroatoms. The zero-order valence-electron chi connectivity index (χ0n) is 12.7. The van der Waals surface area contributed by atoms with Crippen molar-refractivity contribution in [2.24, 2.45) is 4.99 Å². The van der Waals surface area contributed by atoms with E-state index in [-0.39, 0.29) is 18.1 Å². The fraction of sp³-hybridized carbons (Fsp3) is 0.0526. The van der Waals surface area contributed by atoms with E-state index in [0.717, 1.165) is 11.1 Å². The number of aliphatic carboxylic acids is 1. The maximum atomic E-state index is 11.5. The number of hydrogen-bond donors (Lipinski definition) is 1. The van der Waals surface area contributed by atoms with Gasteiger partial charge in [0.2, 0.25) is 0 Å². The molecule has 1 aliphatic carbocycles. The van der Waals surface area contributed by atoms with Crippen LogP contribution in [0.5, 0.6) is 0 Å². The maximum absolute atomic E-state index is 11.5. The molecule has 1 aromatic carbocycles. The van der Waals surface area contributed by atoms with Crippen molar-refractivity contribution in [2.45, 2.75) is 6.42 Å². The Bertz CT molecular complexity index is 896. The van der Waals surface area contributed by atoms with E-state index in [0.29, 0.717) is 5.69 Å². The number of rotatable bonds is 5. The Morgan fingerprint density at radius 2 is 2.08 bits per heavy atom. The zero-order valence-corrected chi connectivity index (χ0v) is 12.7. The first-order valence-corrected chi connectivity index (χ1v) is 7.32. The first-order valence-electron chi connectivity index (χ1n) is 7.32. The lowest BCUT2D eigenvalue weighted by atomic mass is 10.1. The van der Waals surface area contributed by atoms with Crippen LogP contribution in [-0.2, 0) is 4.79 Å². The molecule has 0 radical (unpaired) electrons. The van der Waals surface area contributed by atoms with Crippen LogP contribution in [0.2, 0.25) is 0 Å². The molecule has 0 unspecified atom stereocenters. The van der Waals surface area contributed by atoms with Gasteiger partial charge in [0.1, 0.15) is 17.7 Å². The predicted molar refractivity (Wildman–Crippen MR) is 91.2 cm³/mol. The molecule has 118 valence electrons. The van der Waals surface area contributed by atoms with E-state index in [1.807, 2.05) is 36.4 Å². The summed E-state index contributed by atoms with van der Waals surface area (Å²) in [5.41, 5.74) is 5.18. The van der Waals surface area contributed by atoms with E-state index in [4.69, 9.17) is 4.42 Å². The van der Waals surface area contributed by atoms with Gasteiger partial charge in [-0.05, 0) is 17.7 Å². The number of benzene rings is 1. The molecule has 1 aromatic heterocycles. The van der Waals surface area contributed by atoms with Crippen LogP contribution in [-0.4, -0.2) is 21.8 Å². The van der Waals surface area contributed by atoms with Crippen molar-refractivity contribution in [1.82, 2.24) is 4.98 Å². The summed E-state index contributed by atoms with van der Waals surface area (Å²) in [6.45, 7) is 0. The van der Waals surface area contributed by atoms with Crippen LogP contribution in [0.25, 0.3) is 11.3 Å². The van der Waals surface area contributed by atoms with Gasteiger partial charge in [-0.15, -0.1) is 5.73 Å². The fourth-order valence-corrected chi connectivity index (χ4v) is 2.14.